The Labute approximate surface area is 84.9 Å². The molecule has 1 rings (SSSR count). The zero-order chi connectivity index (χ0) is 10.7. The molecule has 0 aliphatic carbocycles. The number of hydrogen-bond donors (Lipinski definition) is 2. The van der Waals surface area contributed by atoms with Gasteiger partial charge in [-0.3, -0.25) is 0 Å². The van der Waals surface area contributed by atoms with Crippen LogP contribution in [-0.4, -0.2) is 16.2 Å². The predicted molar refractivity (Wildman–Crippen MR) is 58.2 cm³/mol. The highest BCUT2D eigenvalue weighted by atomic mass is 15.2. The second kappa shape index (κ2) is 4.37. The van der Waals surface area contributed by atoms with Gasteiger partial charge >= 0.3 is 0 Å². The Kier molecular flexibility index (Phi) is 3.41. The van der Waals surface area contributed by atoms with E-state index >= 15 is 0 Å². The summed E-state index contributed by atoms with van der Waals surface area (Å²) >= 11 is 0. The molecule has 0 bridgehead atoms. The van der Waals surface area contributed by atoms with Crippen LogP contribution in [0.2, 0.25) is 0 Å². The van der Waals surface area contributed by atoms with Crippen molar-refractivity contribution >= 4 is 5.82 Å². The first-order valence-electron chi connectivity index (χ1n) is 4.85. The van der Waals surface area contributed by atoms with Gasteiger partial charge in [0.1, 0.15) is 0 Å². The Morgan fingerprint density at radius 3 is 2.43 bits per heavy atom. The van der Waals surface area contributed by atoms with E-state index in [1.807, 2.05) is 13.8 Å². The highest BCUT2D eigenvalue weighted by Gasteiger charge is 2.09. The van der Waals surface area contributed by atoms with E-state index in [1.54, 1.807) is 0 Å². The van der Waals surface area contributed by atoms with Crippen molar-refractivity contribution in [3.8, 4) is 0 Å². The maximum Gasteiger partial charge on any atom is 0.153 e. The molecule has 4 nitrogen and oxygen atoms in total. The van der Waals surface area contributed by atoms with E-state index in [0.717, 1.165) is 22.6 Å². The van der Waals surface area contributed by atoms with Crippen LogP contribution in [0.25, 0.3) is 0 Å². The van der Waals surface area contributed by atoms with Crippen molar-refractivity contribution < 1.29 is 0 Å². The Balaban J connectivity index is 3.10. The molecule has 78 valence electrons. The fourth-order valence-corrected chi connectivity index (χ4v) is 1.30. The van der Waals surface area contributed by atoms with E-state index in [-0.39, 0.29) is 0 Å². The molecule has 14 heavy (non-hydrogen) atoms. The first-order valence-corrected chi connectivity index (χ1v) is 4.85. The molecule has 0 amide bonds. The Morgan fingerprint density at radius 1 is 1.29 bits per heavy atom. The number of hydrogen-bond acceptors (Lipinski definition) is 4. The number of nitrogens with one attached hydrogen (secondary N) is 1. The van der Waals surface area contributed by atoms with E-state index in [4.69, 9.17) is 5.73 Å². The molecule has 0 aliphatic heterocycles. The van der Waals surface area contributed by atoms with Gasteiger partial charge in [-0.15, -0.1) is 5.10 Å². The molecule has 0 unspecified atom stereocenters. The maximum absolute atomic E-state index is 5.69. The molecule has 0 aromatic carbocycles. The van der Waals surface area contributed by atoms with Crippen molar-refractivity contribution in [3.05, 3.63) is 16.8 Å². The molecule has 1 aromatic rings. The molecule has 0 saturated heterocycles. The Hall–Kier alpha value is -1.16. The zero-order valence-electron chi connectivity index (χ0n) is 9.26. The number of aromatic nitrogens is 2. The number of nitrogens with zero attached hydrogens (tertiary/aromatic N) is 2. The molecular weight excluding hydrogens is 176 g/mol. The summed E-state index contributed by atoms with van der Waals surface area (Å²) < 4.78 is 0. The summed E-state index contributed by atoms with van der Waals surface area (Å²) in [6, 6.07) is 0.344. The minimum Gasteiger partial charge on any atom is -0.366 e. The Morgan fingerprint density at radius 2 is 1.93 bits per heavy atom. The van der Waals surface area contributed by atoms with E-state index in [0.29, 0.717) is 12.6 Å². The van der Waals surface area contributed by atoms with E-state index in [2.05, 4.69) is 29.4 Å². The molecule has 0 radical (unpaired) electrons. The number of anilines is 1. The van der Waals surface area contributed by atoms with E-state index in [9.17, 15) is 0 Å². The average molecular weight is 194 g/mol. The predicted octanol–water partition coefficient (Wildman–Crippen LogP) is 1.37. The molecule has 4 heteroatoms. The lowest BCUT2D eigenvalue weighted by molar-refractivity contribution is 0.843. The lowest BCUT2D eigenvalue weighted by atomic mass is 10.1. The molecule has 0 aliphatic rings. The maximum atomic E-state index is 5.69. The third kappa shape index (κ3) is 2.20. The highest BCUT2D eigenvalue weighted by Crippen LogP contribution is 2.17. The first-order chi connectivity index (χ1) is 6.56. The topological polar surface area (TPSA) is 63.8 Å². The van der Waals surface area contributed by atoms with E-state index < -0.39 is 0 Å². The molecule has 0 atom stereocenters. The molecule has 1 heterocycles. The van der Waals surface area contributed by atoms with Gasteiger partial charge in [-0.1, -0.05) is 0 Å². The van der Waals surface area contributed by atoms with Gasteiger partial charge < -0.3 is 11.1 Å². The van der Waals surface area contributed by atoms with Crippen LogP contribution in [0.15, 0.2) is 0 Å². The fraction of sp³-hybridized carbons (Fsp3) is 0.600. The number of aryl methyl sites for hydroxylation is 1. The monoisotopic (exact) mass is 194 g/mol. The van der Waals surface area contributed by atoms with Crippen molar-refractivity contribution in [3.63, 3.8) is 0 Å². The quantitative estimate of drug-likeness (QED) is 0.763. The SMILES string of the molecule is Cc1nnc(NC(C)C)c(CN)c1C. The minimum absolute atomic E-state index is 0.344. The minimum atomic E-state index is 0.344. The summed E-state index contributed by atoms with van der Waals surface area (Å²) in [7, 11) is 0. The average Bonchev–Trinajstić information content (AvgIpc) is 2.11. The van der Waals surface area contributed by atoms with Crippen molar-refractivity contribution in [1.82, 2.24) is 10.2 Å². The van der Waals surface area contributed by atoms with Gasteiger partial charge in [-0.25, -0.2) is 0 Å². The smallest absolute Gasteiger partial charge is 0.153 e. The van der Waals surface area contributed by atoms with Gasteiger partial charge in [-0.2, -0.15) is 5.10 Å². The van der Waals surface area contributed by atoms with Gasteiger partial charge in [0.2, 0.25) is 0 Å². The van der Waals surface area contributed by atoms with Gasteiger partial charge in [0, 0.05) is 18.2 Å². The molecule has 1 aromatic heterocycles. The lowest BCUT2D eigenvalue weighted by Crippen LogP contribution is -2.16. The summed E-state index contributed by atoms with van der Waals surface area (Å²) in [4.78, 5) is 0. The van der Waals surface area contributed by atoms with Crippen LogP contribution in [0.1, 0.15) is 30.7 Å². The molecular formula is C10H18N4. The summed E-state index contributed by atoms with van der Waals surface area (Å²) in [5.74, 6) is 0.811. The van der Waals surface area contributed by atoms with Gasteiger partial charge in [0.15, 0.2) is 5.82 Å². The molecule has 0 saturated carbocycles. The van der Waals surface area contributed by atoms with Crippen LogP contribution < -0.4 is 11.1 Å². The van der Waals surface area contributed by atoms with Crippen LogP contribution in [0.5, 0.6) is 0 Å². The van der Waals surface area contributed by atoms with Crippen molar-refractivity contribution in [2.75, 3.05) is 5.32 Å². The standard InChI is InChI=1S/C10H18N4/c1-6(2)12-10-9(5-11)7(3)8(4)13-14-10/h6H,5,11H2,1-4H3,(H,12,14). The van der Waals surface area contributed by atoms with Crippen LogP contribution in [-0.2, 0) is 6.54 Å². The lowest BCUT2D eigenvalue weighted by Gasteiger charge is -2.14. The van der Waals surface area contributed by atoms with Crippen LogP contribution >= 0.6 is 0 Å². The summed E-state index contributed by atoms with van der Waals surface area (Å²) in [6.07, 6.45) is 0. The third-order valence-corrected chi connectivity index (χ3v) is 2.21. The number of rotatable bonds is 3. The van der Waals surface area contributed by atoms with E-state index in [1.165, 1.54) is 0 Å². The first kappa shape index (κ1) is 10.9. The number of nitrogens with two attached hydrogens (primary N) is 1. The second-order valence-electron chi connectivity index (χ2n) is 3.74. The van der Waals surface area contributed by atoms with Gasteiger partial charge in [-0.05, 0) is 33.3 Å². The van der Waals surface area contributed by atoms with Crippen molar-refractivity contribution in [2.45, 2.75) is 40.3 Å². The van der Waals surface area contributed by atoms with Crippen molar-refractivity contribution in [2.24, 2.45) is 5.73 Å². The zero-order valence-corrected chi connectivity index (χ0v) is 9.26. The van der Waals surface area contributed by atoms with Crippen LogP contribution in [0.3, 0.4) is 0 Å². The highest BCUT2D eigenvalue weighted by molar-refractivity contribution is 5.48. The van der Waals surface area contributed by atoms with Gasteiger partial charge in [0.05, 0.1) is 5.69 Å². The van der Waals surface area contributed by atoms with Crippen molar-refractivity contribution in [1.29, 1.82) is 0 Å². The van der Waals surface area contributed by atoms with Crippen LogP contribution in [0, 0.1) is 13.8 Å². The Bertz CT molecular complexity index is 320. The largest absolute Gasteiger partial charge is 0.366 e. The normalized spacial score (nSPS) is 10.7. The molecule has 3 N–H and O–H groups in total. The molecule has 0 spiro atoms. The van der Waals surface area contributed by atoms with Gasteiger partial charge in [0.25, 0.3) is 0 Å². The molecule has 0 fully saturated rings. The summed E-state index contributed by atoms with van der Waals surface area (Å²) in [6.45, 7) is 8.60. The van der Waals surface area contributed by atoms with Crippen LogP contribution in [0.4, 0.5) is 5.82 Å². The summed E-state index contributed by atoms with van der Waals surface area (Å²) in [5.41, 5.74) is 8.82. The third-order valence-electron chi connectivity index (χ3n) is 2.21. The fourth-order valence-electron chi connectivity index (χ4n) is 1.30. The second-order valence-corrected chi connectivity index (χ2v) is 3.74. The summed E-state index contributed by atoms with van der Waals surface area (Å²) in [5, 5.41) is 11.4.